The van der Waals surface area contributed by atoms with Gasteiger partial charge in [-0.25, -0.2) is 4.98 Å². The lowest BCUT2D eigenvalue weighted by Crippen LogP contribution is -2.41. The minimum Gasteiger partial charge on any atom is -0.366 e. The molecule has 0 aliphatic carbocycles. The molecule has 2 aromatic heterocycles. The number of hydrogen-bond acceptors (Lipinski definition) is 5. The number of hydrogen-bond donors (Lipinski definition) is 1. The maximum absolute atomic E-state index is 8.92. The van der Waals surface area contributed by atoms with Crippen LogP contribution in [0, 0.1) is 11.3 Å². The Bertz CT molecular complexity index is 650. The fraction of sp³-hybridized carbons (Fsp3) is 0.353. The summed E-state index contributed by atoms with van der Waals surface area (Å²) in [5.74, 6) is 0.781. The quantitative estimate of drug-likeness (QED) is 0.938. The van der Waals surface area contributed by atoms with E-state index in [2.05, 4.69) is 32.3 Å². The predicted molar refractivity (Wildman–Crippen MR) is 85.1 cm³/mol. The van der Waals surface area contributed by atoms with Gasteiger partial charge in [-0.2, -0.15) is 5.26 Å². The van der Waals surface area contributed by atoms with E-state index in [4.69, 9.17) is 5.26 Å². The van der Waals surface area contributed by atoms with E-state index < -0.39 is 0 Å². The van der Waals surface area contributed by atoms with Gasteiger partial charge in [-0.05, 0) is 43.7 Å². The average molecular weight is 293 g/mol. The Balaban J connectivity index is 1.59. The van der Waals surface area contributed by atoms with Crippen molar-refractivity contribution in [3.8, 4) is 6.07 Å². The predicted octanol–water partition coefficient (Wildman–Crippen LogP) is 2.42. The van der Waals surface area contributed by atoms with Crippen molar-refractivity contribution in [1.29, 1.82) is 5.26 Å². The van der Waals surface area contributed by atoms with Crippen LogP contribution in [0.3, 0.4) is 0 Å². The normalized spacial score (nSPS) is 18.6. The van der Waals surface area contributed by atoms with Gasteiger partial charge in [0, 0.05) is 25.3 Å². The van der Waals surface area contributed by atoms with Crippen LogP contribution in [0.15, 0.2) is 42.6 Å². The number of pyridine rings is 2. The number of likely N-dealkylation sites (tertiary alicyclic amines) is 1. The fourth-order valence-electron chi connectivity index (χ4n) is 2.82. The lowest BCUT2D eigenvalue weighted by Gasteiger charge is -2.33. The van der Waals surface area contributed by atoms with E-state index in [9.17, 15) is 0 Å². The third kappa shape index (κ3) is 3.80. The molecule has 1 aliphatic rings. The molecule has 5 heteroatoms. The molecular weight excluding hydrogens is 274 g/mol. The highest BCUT2D eigenvalue weighted by Crippen LogP contribution is 2.16. The maximum Gasteiger partial charge on any atom is 0.142 e. The van der Waals surface area contributed by atoms with E-state index in [0.29, 0.717) is 11.7 Å². The van der Waals surface area contributed by atoms with Crippen molar-refractivity contribution in [1.82, 2.24) is 14.9 Å². The van der Waals surface area contributed by atoms with Crippen molar-refractivity contribution in [2.24, 2.45) is 0 Å². The van der Waals surface area contributed by atoms with Crippen LogP contribution in [-0.2, 0) is 6.54 Å². The van der Waals surface area contributed by atoms with Crippen molar-refractivity contribution < 1.29 is 0 Å². The number of rotatable bonds is 4. The highest BCUT2D eigenvalue weighted by molar-refractivity contribution is 5.39. The number of nitrogens with zero attached hydrogens (tertiary/aromatic N) is 4. The summed E-state index contributed by atoms with van der Waals surface area (Å²) in [5.41, 5.74) is 1.55. The van der Waals surface area contributed by atoms with Crippen LogP contribution in [0.1, 0.15) is 24.2 Å². The van der Waals surface area contributed by atoms with Gasteiger partial charge < -0.3 is 5.32 Å². The standard InChI is InChI=1S/C17H19N5/c18-11-14-6-3-8-17(20-14)21-16-7-4-10-22(13-16)12-15-5-1-2-9-19-15/h1-3,5-6,8-9,16H,4,7,10,12-13H2,(H,20,21)/t16-/m1/s1. The van der Waals surface area contributed by atoms with Gasteiger partial charge >= 0.3 is 0 Å². The minimum atomic E-state index is 0.360. The van der Waals surface area contributed by atoms with Crippen LogP contribution in [0.25, 0.3) is 0 Å². The second-order valence-electron chi connectivity index (χ2n) is 5.56. The highest BCUT2D eigenvalue weighted by Gasteiger charge is 2.20. The molecule has 22 heavy (non-hydrogen) atoms. The molecule has 1 atom stereocenters. The number of anilines is 1. The van der Waals surface area contributed by atoms with E-state index in [1.54, 1.807) is 6.07 Å². The third-order valence-electron chi connectivity index (χ3n) is 3.83. The lowest BCUT2D eigenvalue weighted by molar-refractivity contribution is 0.206. The molecule has 0 unspecified atom stereocenters. The third-order valence-corrected chi connectivity index (χ3v) is 3.83. The topological polar surface area (TPSA) is 64.8 Å². The molecule has 3 rings (SSSR count). The number of nitrogens with one attached hydrogen (secondary N) is 1. The van der Waals surface area contributed by atoms with Crippen molar-refractivity contribution in [2.75, 3.05) is 18.4 Å². The van der Waals surface area contributed by atoms with Gasteiger partial charge in [0.25, 0.3) is 0 Å². The SMILES string of the molecule is N#Cc1cccc(N[C@@H]2CCCN(Cc3ccccn3)C2)n1. The Labute approximate surface area is 130 Å². The van der Waals surface area contributed by atoms with Crippen LogP contribution >= 0.6 is 0 Å². The summed E-state index contributed by atoms with van der Waals surface area (Å²) in [6.07, 6.45) is 4.12. The summed E-state index contributed by atoms with van der Waals surface area (Å²) in [5, 5.41) is 12.4. The Morgan fingerprint density at radius 3 is 3.05 bits per heavy atom. The summed E-state index contributed by atoms with van der Waals surface area (Å²) in [7, 11) is 0. The van der Waals surface area contributed by atoms with Crippen LogP contribution in [0.2, 0.25) is 0 Å². The summed E-state index contributed by atoms with van der Waals surface area (Å²) in [4.78, 5) is 11.1. The molecule has 0 aromatic carbocycles. The molecule has 1 N–H and O–H groups in total. The average Bonchev–Trinajstić information content (AvgIpc) is 2.56. The van der Waals surface area contributed by atoms with E-state index in [0.717, 1.165) is 44.0 Å². The van der Waals surface area contributed by atoms with E-state index in [1.807, 2.05) is 30.5 Å². The lowest BCUT2D eigenvalue weighted by atomic mass is 10.1. The van der Waals surface area contributed by atoms with E-state index in [-0.39, 0.29) is 0 Å². The largest absolute Gasteiger partial charge is 0.366 e. The summed E-state index contributed by atoms with van der Waals surface area (Å²) in [6, 6.07) is 14.0. The number of piperidine rings is 1. The second-order valence-corrected chi connectivity index (χ2v) is 5.56. The van der Waals surface area contributed by atoms with Crippen LogP contribution in [-0.4, -0.2) is 34.0 Å². The fourth-order valence-corrected chi connectivity index (χ4v) is 2.82. The van der Waals surface area contributed by atoms with Crippen molar-refractivity contribution in [3.05, 3.63) is 54.0 Å². The van der Waals surface area contributed by atoms with Gasteiger partial charge in [0.2, 0.25) is 0 Å². The van der Waals surface area contributed by atoms with Gasteiger partial charge in [0.1, 0.15) is 17.6 Å². The molecule has 1 fully saturated rings. The maximum atomic E-state index is 8.92. The highest BCUT2D eigenvalue weighted by atomic mass is 15.2. The summed E-state index contributed by atoms with van der Waals surface area (Å²) in [6.45, 7) is 2.94. The summed E-state index contributed by atoms with van der Waals surface area (Å²) >= 11 is 0. The molecule has 0 saturated carbocycles. The first-order valence-electron chi connectivity index (χ1n) is 7.59. The number of aromatic nitrogens is 2. The Kier molecular flexibility index (Phi) is 4.62. The zero-order valence-electron chi connectivity index (χ0n) is 12.4. The van der Waals surface area contributed by atoms with Gasteiger partial charge in [0.15, 0.2) is 0 Å². The molecule has 0 radical (unpaired) electrons. The zero-order valence-corrected chi connectivity index (χ0v) is 12.4. The minimum absolute atomic E-state index is 0.360. The van der Waals surface area contributed by atoms with Crippen molar-refractivity contribution in [3.63, 3.8) is 0 Å². The van der Waals surface area contributed by atoms with Crippen molar-refractivity contribution >= 4 is 5.82 Å². The molecule has 0 bridgehead atoms. The first-order chi connectivity index (χ1) is 10.8. The van der Waals surface area contributed by atoms with Crippen LogP contribution in [0.5, 0.6) is 0 Å². The first kappa shape index (κ1) is 14.5. The number of nitriles is 1. The molecule has 112 valence electrons. The zero-order chi connectivity index (χ0) is 15.2. The van der Waals surface area contributed by atoms with Gasteiger partial charge in [0.05, 0.1) is 5.69 Å². The Hall–Kier alpha value is -2.45. The van der Waals surface area contributed by atoms with E-state index >= 15 is 0 Å². The van der Waals surface area contributed by atoms with Crippen LogP contribution < -0.4 is 5.32 Å². The van der Waals surface area contributed by atoms with Crippen LogP contribution in [0.4, 0.5) is 5.82 Å². The van der Waals surface area contributed by atoms with Gasteiger partial charge in [-0.15, -0.1) is 0 Å². The molecule has 0 amide bonds. The molecule has 1 aliphatic heterocycles. The van der Waals surface area contributed by atoms with E-state index in [1.165, 1.54) is 0 Å². The van der Waals surface area contributed by atoms with Crippen molar-refractivity contribution in [2.45, 2.75) is 25.4 Å². The molecular formula is C17H19N5. The smallest absolute Gasteiger partial charge is 0.142 e. The summed E-state index contributed by atoms with van der Waals surface area (Å²) < 4.78 is 0. The Morgan fingerprint density at radius 1 is 1.27 bits per heavy atom. The monoisotopic (exact) mass is 293 g/mol. The molecule has 1 saturated heterocycles. The van der Waals surface area contributed by atoms with Gasteiger partial charge in [-0.1, -0.05) is 12.1 Å². The molecule has 2 aromatic rings. The molecule has 3 heterocycles. The molecule has 0 spiro atoms. The molecule has 5 nitrogen and oxygen atoms in total. The Morgan fingerprint density at radius 2 is 2.23 bits per heavy atom. The second kappa shape index (κ2) is 7.01. The first-order valence-corrected chi connectivity index (χ1v) is 7.59. The van der Waals surface area contributed by atoms with Gasteiger partial charge in [-0.3, -0.25) is 9.88 Å².